The van der Waals surface area contributed by atoms with E-state index in [4.69, 9.17) is 23.6 Å². The summed E-state index contributed by atoms with van der Waals surface area (Å²) < 4.78 is 33.4. The Hall–Kier alpha value is -1.58. The first-order valence-electron chi connectivity index (χ1n) is 23.1. The summed E-state index contributed by atoms with van der Waals surface area (Å²) in [5, 5.41) is 18.4. The molecule has 0 heterocycles. The molecule has 0 radical (unpaired) electrons. The summed E-state index contributed by atoms with van der Waals surface area (Å²) in [4.78, 5) is 22.6. The molecule has 3 N–H and O–H groups in total. The Kier molecular flexibility index (Phi) is 42.8. The Morgan fingerprint density at radius 1 is 0.561 bits per heavy atom. The Labute approximate surface area is 349 Å². The van der Waals surface area contributed by atoms with Crippen molar-refractivity contribution in [1.82, 2.24) is 0 Å². The van der Waals surface area contributed by atoms with Gasteiger partial charge in [-0.3, -0.25) is 13.8 Å². The zero-order chi connectivity index (χ0) is 41.8. The van der Waals surface area contributed by atoms with Crippen molar-refractivity contribution in [3.63, 3.8) is 0 Å². The van der Waals surface area contributed by atoms with Crippen LogP contribution in [0, 0.1) is 0 Å². The summed E-state index contributed by atoms with van der Waals surface area (Å²) in [6.45, 7) is 3.41. The van der Waals surface area contributed by atoms with Crippen molar-refractivity contribution in [3.8, 4) is 0 Å². The molecule has 0 spiro atoms. The van der Waals surface area contributed by atoms with Crippen LogP contribution in [-0.4, -0.2) is 66.3 Å². The van der Waals surface area contributed by atoms with Crippen LogP contribution in [0.2, 0.25) is 0 Å². The number of phosphoric ester groups is 1. The monoisotopic (exact) mass is 827 g/mol. The number of carbonyl (C=O) groups is 1. The van der Waals surface area contributed by atoms with Gasteiger partial charge in [0.1, 0.15) is 12.2 Å². The number of unbranched alkanes of at least 4 members (excludes halogenated alkanes) is 22. The molecule has 0 amide bonds. The van der Waals surface area contributed by atoms with Gasteiger partial charge in [0.05, 0.1) is 26.4 Å². The minimum atomic E-state index is -4.52. The number of aliphatic hydroxyl groups is 2. The molecule has 9 nitrogen and oxygen atoms in total. The molecule has 0 aromatic carbocycles. The van der Waals surface area contributed by atoms with E-state index in [0.717, 1.165) is 70.6 Å². The first kappa shape index (κ1) is 55.4. The molecule has 0 aliphatic heterocycles. The fourth-order valence-electron chi connectivity index (χ4n) is 6.29. The van der Waals surface area contributed by atoms with Crippen LogP contribution in [0.3, 0.4) is 0 Å². The smallest absolute Gasteiger partial charge is 0.457 e. The summed E-state index contributed by atoms with van der Waals surface area (Å²) >= 11 is 0. The van der Waals surface area contributed by atoms with Crippen molar-refractivity contribution in [2.24, 2.45) is 0 Å². The van der Waals surface area contributed by atoms with Crippen molar-refractivity contribution < 1.29 is 43.0 Å². The molecule has 0 saturated carbocycles. The summed E-state index contributed by atoms with van der Waals surface area (Å²) in [5.41, 5.74) is 0. The molecule has 0 fully saturated rings. The molecule has 0 bridgehead atoms. The zero-order valence-electron chi connectivity index (χ0n) is 36.6. The number of carbonyl (C=O) groups excluding carboxylic acids is 1. The number of ether oxygens (including phenoxy) is 2. The van der Waals surface area contributed by atoms with Gasteiger partial charge in [-0.2, -0.15) is 0 Å². The normalized spacial score (nSPS) is 14.4. The second-order valence-electron chi connectivity index (χ2n) is 15.4. The first-order chi connectivity index (χ1) is 27.8. The predicted octanol–water partition coefficient (Wildman–Crippen LogP) is 13.0. The van der Waals surface area contributed by atoms with E-state index in [0.29, 0.717) is 6.61 Å². The quantitative estimate of drug-likeness (QED) is 0.0238. The highest BCUT2D eigenvalue weighted by Crippen LogP contribution is 2.43. The van der Waals surface area contributed by atoms with E-state index in [9.17, 15) is 19.4 Å². The van der Waals surface area contributed by atoms with E-state index in [1.54, 1.807) is 0 Å². The number of esters is 1. The molecule has 0 saturated heterocycles. The summed E-state index contributed by atoms with van der Waals surface area (Å²) in [7, 11) is -4.52. The fourth-order valence-corrected chi connectivity index (χ4v) is 7.08. The van der Waals surface area contributed by atoms with Crippen LogP contribution in [0.5, 0.6) is 0 Å². The lowest BCUT2D eigenvalue weighted by Gasteiger charge is -2.20. The largest absolute Gasteiger partial charge is 0.472 e. The molecule has 3 atom stereocenters. The average Bonchev–Trinajstić information content (AvgIpc) is 3.20. The molecular formula is C47H87O9P. The zero-order valence-corrected chi connectivity index (χ0v) is 37.4. The average molecular weight is 827 g/mol. The maximum absolute atomic E-state index is 12.6. The standard InChI is InChI=1S/C47H87O9P/c1-3-5-7-9-11-13-15-17-19-20-21-22-23-24-25-26-28-30-32-34-36-38-40-53-43-46(44-55-57(51,52)54-42-45(49)41-48)56-47(50)39-37-35-33-31-29-27-18-16-14-12-10-8-6-4-2/h5,7,11,13,17,19,21-22,45-46,48-49H,3-4,6,8-10,12,14-16,18,20,23-44H2,1-2H3,(H,51,52)/b7-5-,13-11-,19-17-,22-21-. The summed E-state index contributed by atoms with van der Waals surface area (Å²) in [6.07, 6.45) is 49.2. The maximum Gasteiger partial charge on any atom is 0.472 e. The van der Waals surface area contributed by atoms with Gasteiger partial charge in [0.2, 0.25) is 0 Å². The lowest BCUT2D eigenvalue weighted by molar-refractivity contribution is -0.154. The molecule has 0 aromatic rings. The molecule has 0 aliphatic carbocycles. The van der Waals surface area contributed by atoms with E-state index in [2.05, 4.69) is 62.5 Å². The van der Waals surface area contributed by atoms with Gasteiger partial charge in [-0.1, -0.05) is 191 Å². The third kappa shape index (κ3) is 43.8. The van der Waals surface area contributed by atoms with E-state index in [1.807, 2.05) is 0 Å². The van der Waals surface area contributed by atoms with Crippen molar-refractivity contribution in [2.75, 3.05) is 33.0 Å². The van der Waals surface area contributed by atoms with Gasteiger partial charge in [-0.15, -0.1) is 0 Å². The molecule has 334 valence electrons. The topological polar surface area (TPSA) is 132 Å². The maximum atomic E-state index is 12.6. The van der Waals surface area contributed by atoms with Gasteiger partial charge in [0.25, 0.3) is 0 Å². The molecule has 10 heteroatoms. The van der Waals surface area contributed by atoms with Crippen molar-refractivity contribution in [1.29, 1.82) is 0 Å². The Morgan fingerprint density at radius 3 is 1.51 bits per heavy atom. The van der Waals surface area contributed by atoms with Gasteiger partial charge >= 0.3 is 13.8 Å². The number of hydrogen-bond acceptors (Lipinski definition) is 8. The number of allylic oxidation sites excluding steroid dienone is 8. The third-order valence-electron chi connectivity index (χ3n) is 9.78. The predicted molar refractivity (Wildman–Crippen MR) is 237 cm³/mol. The molecule has 0 aliphatic rings. The highest BCUT2D eigenvalue weighted by atomic mass is 31.2. The Morgan fingerprint density at radius 2 is 1.00 bits per heavy atom. The van der Waals surface area contributed by atoms with E-state index in [1.165, 1.54) is 109 Å². The highest BCUT2D eigenvalue weighted by Gasteiger charge is 2.26. The van der Waals surface area contributed by atoms with Crippen LogP contribution in [0.1, 0.15) is 200 Å². The van der Waals surface area contributed by atoms with E-state index in [-0.39, 0.29) is 25.6 Å². The highest BCUT2D eigenvalue weighted by molar-refractivity contribution is 7.47. The molecule has 57 heavy (non-hydrogen) atoms. The van der Waals surface area contributed by atoms with E-state index >= 15 is 0 Å². The van der Waals surface area contributed by atoms with Gasteiger partial charge in [-0.05, 0) is 51.4 Å². The van der Waals surface area contributed by atoms with Gasteiger partial charge in [0, 0.05) is 13.0 Å². The fraction of sp³-hybridized carbons (Fsp3) is 0.809. The summed E-state index contributed by atoms with van der Waals surface area (Å²) in [5.74, 6) is -0.384. The van der Waals surface area contributed by atoms with Crippen LogP contribution in [-0.2, 0) is 27.9 Å². The SMILES string of the molecule is CC/C=C\C/C=C\C/C=C\C/C=C\CCCCCCCCCCCOCC(COP(=O)(O)OCC(O)CO)OC(=O)CCCCCCCCCCCCCCCC. The minimum absolute atomic E-state index is 0.0463. The number of rotatable bonds is 44. The lowest BCUT2D eigenvalue weighted by atomic mass is 10.0. The number of hydrogen-bond donors (Lipinski definition) is 3. The van der Waals surface area contributed by atoms with Gasteiger partial charge in [0.15, 0.2) is 0 Å². The third-order valence-corrected chi connectivity index (χ3v) is 10.7. The van der Waals surface area contributed by atoms with Crippen molar-refractivity contribution in [3.05, 3.63) is 48.6 Å². The van der Waals surface area contributed by atoms with Crippen LogP contribution >= 0.6 is 7.82 Å². The number of phosphoric acid groups is 1. The minimum Gasteiger partial charge on any atom is -0.457 e. The first-order valence-corrected chi connectivity index (χ1v) is 24.6. The molecule has 3 unspecified atom stereocenters. The molecule has 0 rings (SSSR count). The lowest BCUT2D eigenvalue weighted by Crippen LogP contribution is -2.29. The van der Waals surface area contributed by atoms with Crippen LogP contribution < -0.4 is 0 Å². The second-order valence-corrected chi connectivity index (χ2v) is 16.9. The molecule has 0 aromatic heterocycles. The Balaban J connectivity index is 4.11. The van der Waals surface area contributed by atoms with Gasteiger partial charge < -0.3 is 24.6 Å². The molecular weight excluding hydrogens is 739 g/mol. The van der Waals surface area contributed by atoms with Crippen LogP contribution in [0.15, 0.2) is 48.6 Å². The van der Waals surface area contributed by atoms with Crippen molar-refractivity contribution in [2.45, 2.75) is 212 Å². The van der Waals surface area contributed by atoms with Crippen molar-refractivity contribution >= 4 is 13.8 Å². The van der Waals surface area contributed by atoms with Gasteiger partial charge in [-0.25, -0.2) is 4.57 Å². The summed E-state index contributed by atoms with van der Waals surface area (Å²) in [6, 6.07) is 0. The van der Waals surface area contributed by atoms with Crippen LogP contribution in [0.25, 0.3) is 0 Å². The number of aliphatic hydroxyl groups excluding tert-OH is 2. The second kappa shape index (κ2) is 44.0. The Bertz CT molecular complexity index is 1030. The van der Waals surface area contributed by atoms with Crippen LogP contribution in [0.4, 0.5) is 0 Å². The van der Waals surface area contributed by atoms with E-state index < -0.39 is 33.2 Å².